The topological polar surface area (TPSA) is 119 Å². The molecule has 0 amide bonds. The van der Waals surface area contributed by atoms with Gasteiger partial charge in [-0.2, -0.15) is 10.2 Å². The maximum atomic E-state index is 12.7. The van der Waals surface area contributed by atoms with Crippen molar-refractivity contribution in [3.63, 3.8) is 0 Å². The number of nitrogens with zero attached hydrogens (tertiary/aromatic N) is 5. The summed E-state index contributed by atoms with van der Waals surface area (Å²) >= 11 is 12.1. The van der Waals surface area contributed by atoms with Crippen LogP contribution in [0, 0.1) is 0 Å². The van der Waals surface area contributed by atoms with Gasteiger partial charge >= 0.3 is 5.97 Å². The number of carbonyl (C=O) groups is 1. The molecule has 0 saturated heterocycles. The van der Waals surface area contributed by atoms with Gasteiger partial charge in [-0.25, -0.2) is 14.5 Å². The number of benzene rings is 2. The fraction of sp³-hybridized carbons (Fsp3) is 0.0455. The quantitative estimate of drug-likeness (QED) is 0.393. The summed E-state index contributed by atoms with van der Waals surface area (Å²) in [6.45, 7) is 0. The van der Waals surface area contributed by atoms with Gasteiger partial charge in [0, 0.05) is 16.2 Å². The molecule has 3 aromatic heterocycles. The number of H-pyrrole nitrogens is 1. The summed E-state index contributed by atoms with van der Waals surface area (Å²) in [6, 6.07) is 14.3. The van der Waals surface area contributed by atoms with Crippen LogP contribution in [0.4, 0.5) is 0 Å². The van der Waals surface area contributed by atoms with E-state index in [0.717, 1.165) is 11.1 Å². The van der Waals surface area contributed by atoms with E-state index in [1.165, 1.54) is 17.1 Å². The Balaban J connectivity index is 1.64. The average molecular weight is 481 g/mol. The van der Waals surface area contributed by atoms with Gasteiger partial charge in [-0.3, -0.25) is 14.5 Å². The lowest BCUT2D eigenvalue weighted by atomic mass is 9.99. The summed E-state index contributed by atoms with van der Waals surface area (Å²) in [5, 5.41) is 18.8. The highest BCUT2D eigenvalue weighted by molar-refractivity contribution is 6.30. The third-order valence-corrected chi connectivity index (χ3v) is 5.57. The summed E-state index contributed by atoms with van der Waals surface area (Å²) < 4.78 is 2.84. The highest BCUT2D eigenvalue weighted by Gasteiger charge is 2.20. The number of aromatic nitrogens is 6. The fourth-order valence-corrected chi connectivity index (χ4v) is 3.76. The summed E-state index contributed by atoms with van der Waals surface area (Å²) in [7, 11) is 0. The number of carboxylic acids is 1. The normalized spacial score (nSPS) is 11.4. The molecule has 3 heterocycles. The third-order valence-electron chi connectivity index (χ3n) is 5.06. The van der Waals surface area contributed by atoms with Crippen molar-refractivity contribution in [1.29, 1.82) is 0 Å². The van der Waals surface area contributed by atoms with E-state index in [1.54, 1.807) is 35.1 Å². The zero-order valence-electron chi connectivity index (χ0n) is 16.7. The number of aromatic amines is 1. The number of fused-ring (bicyclic) bond motifs is 1. The maximum Gasteiger partial charge on any atom is 0.338 e. The molecular formula is C22H14Cl2N6O3. The van der Waals surface area contributed by atoms with Gasteiger partial charge in [-0.15, -0.1) is 0 Å². The molecule has 164 valence electrons. The van der Waals surface area contributed by atoms with Gasteiger partial charge in [0.1, 0.15) is 11.6 Å². The molecule has 0 unspecified atom stereocenters. The first-order valence-corrected chi connectivity index (χ1v) is 10.4. The third kappa shape index (κ3) is 3.99. The van der Waals surface area contributed by atoms with E-state index in [2.05, 4.69) is 20.2 Å². The van der Waals surface area contributed by atoms with Gasteiger partial charge in [-0.05, 0) is 35.4 Å². The van der Waals surface area contributed by atoms with Crippen LogP contribution in [0.2, 0.25) is 10.0 Å². The minimum Gasteiger partial charge on any atom is -0.478 e. The highest BCUT2D eigenvalue weighted by atomic mass is 35.5. The molecule has 2 N–H and O–H groups in total. The first-order chi connectivity index (χ1) is 15.9. The van der Waals surface area contributed by atoms with Gasteiger partial charge in [0.2, 0.25) is 5.95 Å². The molecule has 0 aliphatic rings. The molecule has 0 spiro atoms. The van der Waals surface area contributed by atoms with E-state index in [0.29, 0.717) is 15.6 Å². The van der Waals surface area contributed by atoms with Gasteiger partial charge in [0.05, 0.1) is 18.0 Å². The Kier molecular flexibility index (Phi) is 5.20. The molecule has 0 fully saturated rings. The predicted octanol–water partition coefficient (Wildman–Crippen LogP) is 3.95. The molecule has 9 nitrogen and oxygen atoms in total. The Hall–Kier alpha value is -3.95. The molecule has 0 aliphatic carbocycles. The van der Waals surface area contributed by atoms with E-state index in [1.807, 2.05) is 24.3 Å². The van der Waals surface area contributed by atoms with Crippen molar-refractivity contribution in [2.24, 2.45) is 0 Å². The van der Waals surface area contributed by atoms with Gasteiger partial charge < -0.3 is 5.11 Å². The van der Waals surface area contributed by atoms with Crippen molar-refractivity contribution >= 4 is 40.2 Å². The minimum absolute atomic E-state index is 0.0287. The average Bonchev–Trinajstić information content (AvgIpc) is 3.45. The smallest absolute Gasteiger partial charge is 0.338 e. The van der Waals surface area contributed by atoms with Crippen LogP contribution in [0.3, 0.4) is 0 Å². The van der Waals surface area contributed by atoms with Crippen LogP contribution in [0.15, 0.2) is 71.9 Å². The molecule has 0 radical (unpaired) electrons. The predicted molar refractivity (Wildman–Crippen MR) is 122 cm³/mol. The number of aromatic carboxylic acids is 1. The zero-order valence-corrected chi connectivity index (χ0v) is 18.2. The second-order valence-electron chi connectivity index (χ2n) is 7.22. The number of nitrogens with one attached hydrogen (secondary N) is 1. The molecular weight excluding hydrogens is 467 g/mol. The van der Waals surface area contributed by atoms with Crippen LogP contribution in [0.1, 0.15) is 27.5 Å². The highest BCUT2D eigenvalue weighted by Crippen LogP contribution is 2.29. The fourth-order valence-electron chi connectivity index (χ4n) is 3.51. The Morgan fingerprint density at radius 3 is 2.12 bits per heavy atom. The van der Waals surface area contributed by atoms with Crippen LogP contribution in [0.5, 0.6) is 0 Å². The van der Waals surface area contributed by atoms with Crippen LogP contribution in [-0.4, -0.2) is 40.6 Å². The maximum absolute atomic E-state index is 12.7. The number of rotatable bonds is 5. The Morgan fingerprint density at radius 1 is 0.970 bits per heavy atom. The van der Waals surface area contributed by atoms with E-state index in [-0.39, 0.29) is 23.1 Å². The van der Waals surface area contributed by atoms with Gasteiger partial charge in [-0.1, -0.05) is 47.5 Å². The van der Waals surface area contributed by atoms with Crippen molar-refractivity contribution in [3.8, 4) is 5.95 Å². The SMILES string of the molecule is O=C(O)c1cnn(-c2nc3cn(C(c4ccc(Cl)cc4)c4ccc(Cl)cc4)nc3c(=O)[nH]2)c1. The Morgan fingerprint density at radius 2 is 1.58 bits per heavy atom. The van der Waals surface area contributed by atoms with Crippen LogP contribution < -0.4 is 5.56 Å². The lowest BCUT2D eigenvalue weighted by Gasteiger charge is -2.19. The Labute approximate surface area is 195 Å². The summed E-state index contributed by atoms with van der Waals surface area (Å²) in [6.07, 6.45) is 4.09. The molecule has 5 aromatic rings. The summed E-state index contributed by atoms with van der Waals surface area (Å²) in [5.41, 5.74) is 1.74. The largest absolute Gasteiger partial charge is 0.478 e. The van der Waals surface area contributed by atoms with Gasteiger partial charge in [0.25, 0.3) is 5.56 Å². The lowest BCUT2D eigenvalue weighted by molar-refractivity contribution is 0.0697. The molecule has 33 heavy (non-hydrogen) atoms. The van der Waals surface area contributed by atoms with Gasteiger partial charge in [0.15, 0.2) is 5.52 Å². The monoisotopic (exact) mass is 480 g/mol. The summed E-state index contributed by atoms with van der Waals surface area (Å²) in [5.74, 6) is -1.06. The standard InChI is InChI=1S/C22H14Cl2N6O3/c23-15-5-1-12(2-6-15)19(13-3-7-16(24)8-4-13)29-11-17-18(28-29)20(31)27-22(26-17)30-10-14(9-25-30)21(32)33/h1-11,19H,(H,32,33)(H,26,27,31). The second-order valence-corrected chi connectivity index (χ2v) is 8.09. The van der Waals surface area contributed by atoms with E-state index < -0.39 is 11.5 Å². The molecule has 0 atom stereocenters. The van der Waals surface area contributed by atoms with E-state index in [9.17, 15) is 9.59 Å². The van der Waals surface area contributed by atoms with Crippen molar-refractivity contribution in [2.45, 2.75) is 6.04 Å². The van der Waals surface area contributed by atoms with E-state index >= 15 is 0 Å². The molecule has 11 heteroatoms. The molecule has 0 aliphatic heterocycles. The zero-order chi connectivity index (χ0) is 23.1. The van der Waals surface area contributed by atoms with Crippen LogP contribution >= 0.6 is 23.2 Å². The van der Waals surface area contributed by atoms with Crippen LogP contribution in [-0.2, 0) is 0 Å². The Bertz CT molecular complexity index is 1490. The lowest BCUT2D eigenvalue weighted by Crippen LogP contribution is -2.15. The van der Waals surface area contributed by atoms with Crippen LogP contribution in [0.25, 0.3) is 17.0 Å². The first kappa shape index (κ1) is 20.9. The molecule has 0 saturated carbocycles. The van der Waals surface area contributed by atoms with E-state index in [4.69, 9.17) is 28.3 Å². The van der Waals surface area contributed by atoms with Crippen molar-refractivity contribution in [3.05, 3.63) is 104 Å². The van der Waals surface area contributed by atoms with Crippen molar-refractivity contribution in [1.82, 2.24) is 29.5 Å². The number of hydrogen-bond donors (Lipinski definition) is 2. The molecule has 0 bridgehead atoms. The molecule has 5 rings (SSSR count). The minimum atomic E-state index is -1.13. The van der Waals surface area contributed by atoms with Crippen molar-refractivity contribution in [2.75, 3.05) is 0 Å². The number of hydrogen-bond acceptors (Lipinski definition) is 5. The number of carboxylic acid groups (broad SMARTS) is 1. The number of halogens is 2. The summed E-state index contributed by atoms with van der Waals surface area (Å²) in [4.78, 5) is 30.9. The first-order valence-electron chi connectivity index (χ1n) is 9.67. The van der Waals surface area contributed by atoms with Crippen molar-refractivity contribution < 1.29 is 9.90 Å². The molecule has 2 aromatic carbocycles. The second kappa shape index (κ2) is 8.19.